The first-order valence-electron chi connectivity index (χ1n) is 10.3. The van der Waals surface area contributed by atoms with Crippen LogP contribution in [-0.2, 0) is 22.5 Å². The van der Waals surface area contributed by atoms with Crippen molar-refractivity contribution in [1.82, 2.24) is 9.55 Å². The van der Waals surface area contributed by atoms with Crippen molar-refractivity contribution >= 4 is 28.6 Å². The van der Waals surface area contributed by atoms with E-state index in [1.165, 1.54) is 5.56 Å². The van der Waals surface area contributed by atoms with E-state index in [1.807, 2.05) is 49.4 Å². The van der Waals surface area contributed by atoms with E-state index < -0.39 is 0 Å². The summed E-state index contributed by atoms with van der Waals surface area (Å²) in [5, 5.41) is 0.731. The number of imidazole rings is 1. The van der Waals surface area contributed by atoms with Gasteiger partial charge < -0.3 is 9.30 Å². The van der Waals surface area contributed by atoms with Gasteiger partial charge in [0.15, 0.2) is 0 Å². The molecule has 154 valence electrons. The van der Waals surface area contributed by atoms with Crippen molar-refractivity contribution in [2.24, 2.45) is 5.41 Å². The molecule has 0 radical (unpaired) electrons. The summed E-state index contributed by atoms with van der Waals surface area (Å²) in [5.74, 6) is 0.880. The third kappa shape index (κ3) is 4.99. The third-order valence-corrected chi connectivity index (χ3v) is 6.10. The fraction of sp³-hybridized carbons (Fsp3) is 0.417. The molecule has 3 aromatic rings. The van der Waals surface area contributed by atoms with E-state index in [2.05, 4.69) is 24.5 Å². The van der Waals surface area contributed by atoms with Gasteiger partial charge in [0.05, 0.1) is 24.1 Å². The molecule has 0 saturated heterocycles. The third-order valence-electron chi connectivity index (χ3n) is 5.85. The summed E-state index contributed by atoms with van der Waals surface area (Å²) in [4.78, 5) is 17.2. The summed E-state index contributed by atoms with van der Waals surface area (Å²) < 4.78 is 7.52. The van der Waals surface area contributed by atoms with Crippen molar-refractivity contribution in [3.05, 3.63) is 64.9 Å². The monoisotopic (exact) mass is 412 g/mol. The summed E-state index contributed by atoms with van der Waals surface area (Å²) in [5.41, 5.74) is 3.09. The average Bonchev–Trinajstić information content (AvgIpc) is 3.06. The van der Waals surface area contributed by atoms with E-state index in [4.69, 9.17) is 21.3 Å². The number of para-hydroxylation sites is 2. The number of carbonyl (C=O) groups is 1. The highest BCUT2D eigenvalue weighted by atomic mass is 35.5. The van der Waals surface area contributed by atoms with Crippen LogP contribution in [0.1, 0.15) is 51.4 Å². The van der Waals surface area contributed by atoms with E-state index >= 15 is 0 Å². The first-order chi connectivity index (χ1) is 14.0. The van der Waals surface area contributed by atoms with Gasteiger partial charge >= 0.3 is 5.97 Å². The molecule has 0 N–H and O–H groups in total. The molecule has 0 aliphatic carbocycles. The van der Waals surface area contributed by atoms with E-state index in [-0.39, 0.29) is 11.4 Å². The Morgan fingerprint density at radius 1 is 1.07 bits per heavy atom. The Labute approximate surface area is 177 Å². The maximum Gasteiger partial charge on any atom is 0.306 e. The molecule has 1 heterocycles. The number of hydrogen-bond donors (Lipinski definition) is 0. The zero-order valence-electron chi connectivity index (χ0n) is 17.5. The number of ether oxygens (including phenoxy) is 1. The lowest BCUT2D eigenvalue weighted by Gasteiger charge is -2.30. The minimum absolute atomic E-state index is 0.128. The molecular formula is C24H29ClN2O2. The van der Waals surface area contributed by atoms with Crippen LogP contribution in [0.2, 0.25) is 5.02 Å². The second kappa shape index (κ2) is 9.45. The number of esters is 1. The largest absolute Gasteiger partial charge is 0.466 e. The van der Waals surface area contributed by atoms with Gasteiger partial charge in [0.1, 0.15) is 5.82 Å². The van der Waals surface area contributed by atoms with Crippen molar-refractivity contribution in [2.75, 3.05) is 6.61 Å². The molecule has 4 nitrogen and oxygen atoms in total. The smallest absolute Gasteiger partial charge is 0.306 e. The van der Waals surface area contributed by atoms with Gasteiger partial charge in [-0.1, -0.05) is 49.7 Å². The highest BCUT2D eigenvalue weighted by molar-refractivity contribution is 6.30. The molecule has 0 unspecified atom stereocenters. The van der Waals surface area contributed by atoms with Gasteiger partial charge in [-0.3, -0.25) is 4.79 Å². The zero-order chi connectivity index (χ0) is 20.9. The van der Waals surface area contributed by atoms with Gasteiger partial charge in [-0.2, -0.15) is 0 Å². The van der Waals surface area contributed by atoms with Crippen molar-refractivity contribution in [3.63, 3.8) is 0 Å². The number of nitrogens with zero attached hydrogens (tertiary/aromatic N) is 2. The lowest BCUT2D eigenvalue weighted by molar-refractivity contribution is -0.146. The van der Waals surface area contributed by atoms with Gasteiger partial charge in [-0.15, -0.1) is 0 Å². The maximum absolute atomic E-state index is 12.3. The number of hydrogen-bond acceptors (Lipinski definition) is 3. The first-order valence-corrected chi connectivity index (χ1v) is 10.7. The van der Waals surface area contributed by atoms with Crippen LogP contribution in [-0.4, -0.2) is 22.1 Å². The number of rotatable bonds is 9. The normalized spacial score (nSPS) is 11.7. The predicted molar refractivity (Wildman–Crippen MR) is 118 cm³/mol. The van der Waals surface area contributed by atoms with Crippen LogP contribution in [0.4, 0.5) is 0 Å². The quantitative estimate of drug-likeness (QED) is 0.402. The van der Waals surface area contributed by atoms with Gasteiger partial charge in [-0.05, 0) is 55.0 Å². The summed E-state index contributed by atoms with van der Waals surface area (Å²) >= 11 is 6.06. The molecule has 0 bridgehead atoms. The minimum Gasteiger partial charge on any atom is -0.466 e. The Morgan fingerprint density at radius 2 is 1.76 bits per heavy atom. The van der Waals surface area contributed by atoms with E-state index in [0.29, 0.717) is 13.0 Å². The number of benzene rings is 2. The van der Waals surface area contributed by atoms with Crippen molar-refractivity contribution in [3.8, 4) is 0 Å². The Morgan fingerprint density at radius 3 is 2.41 bits per heavy atom. The second-order valence-corrected chi connectivity index (χ2v) is 8.03. The number of aromatic nitrogens is 2. The Kier molecular flexibility index (Phi) is 6.96. The molecule has 0 fully saturated rings. The van der Waals surface area contributed by atoms with E-state index in [1.54, 1.807) is 0 Å². The van der Waals surface area contributed by atoms with Gasteiger partial charge in [0.2, 0.25) is 0 Å². The second-order valence-electron chi connectivity index (χ2n) is 7.60. The minimum atomic E-state index is -0.161. The SMILES string of the molecule is CCOC(=O)CC(CC)(CC)Cc1nc2ccccc2n1Cc1ccc(Cl)cc1. The van der Waals surface area contributed by atoms with Crippen LogP contribution >= 0.6 is 11.6 Å². The van der Waals surface area contributed by atoms with Crippen molar-refractivity contribution in [2.45, 2.75) is 53.0 Å². The number of halogens is 1. The van der Waals surface area contributed by atoms with Gasteiger partial charge in [0, 0.05) is 18.0 Å². The predicted octanol–water partition coefficient (Wildman–Crippen LogP) is 6.04. The molecule has 0 aliphatic rings. The van der Waals surface area contributed by atoms with E-state index in [0.717, 1.165) is 47.7 Å². The molecule has 0 amide bonds. The van der Waals surface area contributed by atoms with Crippen LogP contribution in [0, 0.1) is 5.41 Å². The lowest BCUT2D eigenvalue weighted by Crippen LogP contribution is -2.28. The molecule has 0 spiro atoms. The van der Waals surface area contributed by atoms with Gasteiger partial charge in [0.25, 0.3) is 0 Å². The maximum atomic E-state index is 12.3. The zero-order valence-corrected chi connectivity index (χ0v) is 18.2. The summed E-state index contributed by atoms with van der Waals surface area (Å²) in [7, 11) is 0. The fourth-order valence-corrected chi connectivity index (χ4v) is 4.00. The highest BCUT2D eigenvalue weighted by Gasteiger charge is 2.32. The standard InChI is InChI=1S/C24H29ClN2O2/c1-4-24(5-2,16-23(28)29-6-3)15-22-26-20-9-7-8-10-21(20)27(22)17-18-11-13-19(25)14-12-18/h7-14H,4-6,15-17H2,1-3H3. The average molecular weight is 413 g/mol. The molecule has 3 rings (SSSR count). The molecule has 0 saturated carbocycles. The molecule has 0 atom stereocenters. The fourth-order valence-electron chi connectivity index (χ4n) is 3.88. The molecular weight excluding hydrogens is 384 g/mol. The number of carbonyl (C=O) groups excluding carboxylic acids is 1. The van der Waals surface area contributed by atoms with Crippen LogP contribution in [0.25, 0.3) is 11.0 Å². The molecule has 29 heavy (non-hydrogen) atoms. The topological polar surface area (TPSA) is 44.1 Å². The van der Waals surface area contributed by atoms with Crippen LogP contribution in [0.5, 0.6) is 0 Å². The first kappa shape index (κ1) is 21.4. The van der Waals surface area contributed by atoms with Crippen LogP contribution in [0.3, 0.4) is 0 Å². The number of fused-ring (bicyclic) bond motifs is 1. The molecule has 2 aromatic carbocycles. The van der Waals surface area contributed by atoms with Crippen molar-refractivity contribution in [1.29, 1.82) is 0 Å². The molecule has 1 aromatic heterocycles. The molecule has 5 heteroatoms. The Bertz CT molecular complexity index is 959. The lowest BCUT2D eigenvalue weighted by atomic mass is 9.76. The molecule has 0 aliphatic heterocycles. The van der Waals surface area contributed by atoms with Crippen LogP contribution in [0.15, 0.2) is 48.5 Å². The van der Waals surface area contributed by atoms with Crippen molar-refractivity contribution < 1.29 is 9.53 Å². The Balaban J connectivity index is 1.98. The van der Waals surface area contributed by atoms with E-state index in [9.17, 15) is 4.79 Å². The van der Waals surface area contributed by atoms with Gasteiger partial charge in [-0.25, -0.2) is 4.98 Å². The summed E-state index contributed by atoms with van der Waals surface area (Å²) in [6, 6.07) is 16.1. The highest BCUT2D eigenvalue weighted by Crippen LogP contribution is 2.36. The summed E-state index contributed by atoms with van der Waals surface area (Å²) in [6.07, 6.45) is 2.94. The summed E-state index contributed by atoms with van der Waals surface area (Å²) in [6.45, 7) is 7.28. The van der Waals surface area contributed by atoms with Crippen LogP contribution < -0.4 is 0 Å². The Hall–Kier alpha value is -2.33.